The van der Waals surface area contributed by atoms with Crippen molar-refractivity contribution in [2.75, 3.05) is 19.6 Å². The van der Waals surface area contributed by atoms with Crippen LogP contribution in [0.15, 0.2) is 40.9 Å². The molecule has 2 aromatic rings. The predicted molar refractivity (Wildman–Crippen MR) is 97.2 cm³/mol. The summed E-state index contributed by atoms with van der Waals surface area (Å²) in [6.45, 7) is 7.72. The molecule has 0 atom stereocenters. The molecule has 23 heavy (non-hydrogen) atoms. The van der Waals surface area contributed by atoms with Gasteiger partial charge in [-0.1, -0.05) is 49.3 Å². The zero-order valence-corrected chi connectivity index (χ0v) is 14.4. The summed E-state index contributed by atoms with van der Waals surface area (Å²) in [5.41, 5.74) is 2.06. The number of likely N-dealkylation sites (tertiary alicyclic amines) is 1. The van der Waals surface area contributed by atoms with Gasteiger partial charge >= 0.3 is 0 Å². The van der Waals surface area contributed by atoms with Gasteiger partial charge in [0.1, 0.15) is 11.5 Å². The van der Waals surface area contributed by atoms with E-state index in [4.69, 9.17) is 4.52 Å². The highest BCUT2D eigenvalue weighted by Gasteiger charge is 2.11. The number of aryl methyl sites for hydroxylation is 1. The van der Waals surface area contributed by atoms with E-state index in [1.807, 2.05) is 32.0 Å². The third-order valence-corrected chi connectivity index (χ3v) is 3.72. The second kappa shape index (κ2) is 11.5. The molecular weight excluding hydrogens is 284 g/mol. The van der Waals surface area contributed by atoms with Crippen LogP contribution in [-0.4, -0.2) is 29.7 Å². The molecule has 0 amide bonds. The van der Waals surface area contributed by atoms with E-state index in [-0.39, 0.29) is 0 Å². The largest absolute Gasteiger partial charge is 0.361 e. The molecule has 0 spiro atoms. The Bertz CT molecular complexity index is 539. The summed E-state index contributed by atoms with van der Waals surface area (Å²) in [6.07, 6.45) is 12.9. The third-order valence-electron chi connectivity index (χ3n) is 3.72. The van der Waals surface area contributed by atoms with Crippen molar-refractivity contribution in [2.24, 2.45) is 0 Å². The minimum absolute atomic E-state index is 0.941. The summed E-state index contributed by atoms with van der Waals surface area (Å²) in [4.78, 5) is 2.54. The van der Waals surface area contributed by atoms with Crippen molar-refractivity contribution >= 4 is 0 Å². The van der Waals surface area contributed by atoms with Gasteiger partial charge in [-0.15, -0.1) is 12.8 Å². The van der Waals surface area contributed by atoms with Crippen LogP contribution in [0.5, 0.6) is 0 Å². The molecule has 3 heteroatoms. The minimum atomic E-state index is 0.941. The molecule has 1 aromatic carbocycles. The Hall–Kier alpha value is -2.05. The molecule has 3 rings (SSSR count). The Morgan fingerprint density at radius 1 is 1.09 bits per heavy atom. The van der Waals surface area contributed by atoms with Crippen LogP contribution in [0.25, 0.3) is 11.3 Å². The Labute approximate surface area is 140 Å². The molecule has 1 aromatic heterocycles. The highest BCUT2D eigenvalue weighted by atomic mass is 16.5. The number of hydrogen-bond donors (Lipinski definition) is 0. The van der Waals surface area contributed by atoms with Crippen LogP contribution < -0.4 is 0 Å². The molecule has 124 valence electrons. The van der Waals surface area contributed by atoms with Crippen LogP contribution in [0.4, 0.5) is 0 Å². The first-order valence-corrected chi connectivity index (χ1v) is 8.48. The van der Waals surface area contributed by atoms with Crippen molar-refractivity contribution < 1.29 is 4.52 Å². The second-order valence-electron chi connectivity index (χ2n) is 5.20. The molecule has 0 N–H and O–H groups in total. The molecule has 1 fully saturated rings. The van der Waals surface area contributed by atoms with Crippen LogP contribution in [0.2, 0.25) is 0 Å². The maximum Gasteiger partial charge on any atom is 0.137 e. The van der Waals surface area contributed by atoms with E-state index in [1.54, 1.807) is 0 Å². The van der Waals surface area contributed by atoms with Gasteiger partial charge in [0.05, 0.1) is 0 Å². The van der Waals surface area contributed by atoms with Crippen molar-refractivity contribution in [3.05, 3.63) is 42.2 Å². The summed E-state index contributed by atoms with van der Waals surface area (Å²) in [5, 5.41) is 4.15. The molecule has 0 unspecified atom stereocenters. The van der Waals surface area contributed by atoms with E-state index in [0.717, 1.165) is 29.9 Å². The molecule has 0 radical (unpaired) electrons. The van der Waals surface area contributed by atoms with Gasteiger partial charge in [0.2, 0.25) is 0 Å². The van der Waals surface area contributed by atoms with E-state index in [1.165, 1.54) is 32.5 Å². The topological polar surface area (TPSA) is 29.3 Å². The van der Waals surface area contributed by atoms with Crippen molar-refractivity contribution in [3.8, 4) is 24.1 Å². The Kier molecular flexibility index (Phi) is 9.51. The Morgan fingerprint density at radius 3 is 2.39 bits per heavy atom. The van der Waals surface area contributed by atoms with Gasteiger partial charge in [-0.05, 0) is 38.9 Å². The maximum absolute atomic E-state index is 5.42. The standard InChI is InChI=1S/C16H20N2O.C2H6.C2H2/c1-2-7-14(8-3-1)16-13-15(19-17-16)9-6-12-18-10-4-5-11-18;2*1-2/h1-3,7-8,13H,4-6,9-12H2;1-2H3;1-2H. The van der Waals surface area contributed by atoms with Crippen LogP contribution in [0.3, 0.4) is 0 Å². The molecule has 0 saturated carbocycles. The van der Waals surface area contributed by atoms with Gasteiger partial charge < -0.3 is 9.42 Å². The van der Waals surface area contributed by atoms with Crippen molar-refractivity contribution in [2.45, 2.75) is 39.5 Å². The van der Waals surface area contributed by atoms with Gasteiger partial charge in [0.25, 0.3) is 0 Å². The summed E-state index contributed by atoms with van der Waals surface area (Å²) in [7, 11) is 0. The third kappa shape index (κ3) is 6.30. The summed E-state index contributed by atoms with van der Waals surface area (Å²) < 4.78 is 5.42. The normalized spacial score (nSPS) is 13.6. The zero-order valence-electron chi connectivity index (χ0n) is 14.4. The monoisotopic (exact) mass is 312 g/mol. The highest BCUT2D eigenvalue weighted by Crippen LogP contribution is 2.19. The number of benzene rings is 1. The first-order chi connectivity index (χ1) is 11.4. The lowest BCUT2D eigenvalue weighted by Crippen LogP contribution is -2.20. The van der Waals surface area contributed by atoms with Gasteiger partial charge in [-0.2, -0.15) is 0 Å². The fourth-order valence-corrected chi connectivity index (χ4v) is 2.66. The lowest BCUT2D eigenvalue weighted by atomic mass is 10.1. The van der Waals surface area contributed by atoms with E-state index >= 15 is 0 Å². The average Bonchev–Trinajstić information content (AvgIpc) is 3.31. The van der Waals surface area contributed by atoms with Crippen LogP contribution in [0, 0.1) is 12.8 Å². The molecule has 1 aliphatic rings. The van der Waals surface area contributed by atoms with Gasteiger partial charge in [-0.25, -0.2) is 0 Å². The average molecular weight is 312 g/mol. The highest BCUT2D eigenvalue weighted by molar-refractivity contribution is 5.58. The summed E-state index contributed by atoms with van der Waals surface area (Å²) in [6, 6.07) is 12.3. The maximum atomic E-state index is 5.42. The number of terminal acetylenes is 1. The Balaban J connectivity index is 0.000000615. The predicted octanol–water partition coefficient (Wildman–Crippen LogP) is 4.65. The smallest absolute Gasteiger partial charge is 0.137 e. The zero-order chi connectivity index (χ0) is 16.9. The van der Waals surface area contributed by atoms with Gasteiger partial charge in [0.15, 0.2) is 0 Å². The molecule has 0 aliphatic carbocycles. The second-order valence-corrected chi connectivity index (χ2v) is 5.20. The molecule has 1 aliphatic heterocycles. The quantitative estimate of drug-likeness (QED) is 0.753. The number of aromatic nitrogens is 1. The van der Waals surface area contributed by atoms with E-state index < -0.39 is 0 Å². The number of hydrogen-bond acceptors (Lipinski definition) is 3. The van der Waals surface area contributed by atoms with Crippen LogP contribution >= 0.6 is 0 Å². The van der Waals surface area contributed by atoms with Crippen molar-refractivity contribution in [1.29, 1.82) is 0 Å². The van der Waals surface area contributed by atoms with E-state index in [0.29, 0.717) is 0 Å². The fourth-order valence-electron chi connectivity index (χ4n) is 2.66. The first-order valence-electron chi connectivity index (χ1n) is 8.48. The summed E-state index contributed by atoms with van der Waals surface area (Å²) in [5.74, 6) is 0.998. The number of rotatable bonds is 5. The van der Waals surface area contributed by atoms with Crippen molar-refractivity contribution in [3.63, 3.8) is 0 Å². The molecule has 2 heterocycles. The van der Waals surface area contributed by atoms with Crippen LogP contribution in [0.1, 0.15) is 38.9 Å². The Morgan fingerprint density at radius 2 is 1.74 bits per heavy atom. The SMILES string of the molecule is C#C.CC.c1ccc(-c2cc(CCCN3CCCC3)on2)cc1. The molecule has 0 bridgehead atoms. The first kappa shape index (κ1) is 19.0. The molecular formula is C20H28N2O. The lowest BCUT2D eigenvalue weighted by molar-refractivity contribution is 0.321. The van der Waals surface area contributed by atoms with Crippen molar-refractivity contribution in [1.82, 2.24) is 10.1 Å². The van der Waals surface area contributed by atoms with E-state index in [9.17, 15) is 0 Å². The summed E-state index contributed by atoms with van der Waals surface area (Å²) >= 11 is 0. The minimum Gasteiger partial charge on any atom is -0.361 e. The van der Waals surface area contributed by atoms with Gasteiger partial charge in [-0.3, -0.25) is 0 Å². The molecule has 3 nitrogen and oxygen atoms in total. The molecule has 1 saturated heterocycles. The lowest BCUT2D eigenvalue weighted by Gasteiger charge is -2.12. The fraction of sp³-hybridized carbons (Fsp3) is 0.450. The van der Waals surface area contributed by atoms with Crippen LogP contribution in [-0.2, 0) is 6.42 Å². The van der Waals surface area contributed by atoms with Gasteiger partial charge in [0, 0.05) is 18.1 Å². The number of nitrogens with zero attached hydrogens (tertiary/aromatic N) is 2. The van der Waals surface area contributed by atoms with E-state index in [2.05, 4.69) is 41.1 Å².